The largest absolute Gasteiger partial charge is 0.506 e. The number of benzene rings is 2. The third-order valence-electron chi connectivity index (χ3n) is 9.13. The maximum atomic E-state index is 14.6. The molecule has 1 spiro atoms. The molecule has 0 aliphatic carbocycles. The minimum atomic E-state index is -0.865. The number of rotatable bonds is 10. The summed E-state index contributed by atoms with van der Waals surface area (Å²) in [6.07, 6.45) is 4.54. The number of thiazole rings is 1. The zero-order chi connectivity index (χ0) is 31.6. The van der Waals surface area contributed by atoms with Crippen LogP contribution in [0.25, 0.3) is 10.2 Å². The Kier molecular flexibility index (Phi) is 9.98. The Morgan fingerprint density at radius 1 is 1.22 bits per heavy atom. The Labute approximate surface area is 270 Å². The Bertz CT molecular complexity index is 1620. The number of allylic oxidation sites excluding steroid dienone is 1. The molecule has 1 unspecified atom stereocenters. The number of likely N-dealkylation sites (tertiary alicyclic amines) is 1. The molecule has 12 heteroatoms. The van der Waals surface area contributed by atoms with Gasteiger partial charge in [-0.25, -0.2) is 4.39 Å². The number of halogens is 1. The number of piperidine rings is 1. The molecule has 2 atom stereocenters. The van der Waals surface area contributed by atoms with Crippen LogP contribution in [0.4, 0.5) is 4.39 Å². The van der Waals surface area contributed by atoms with Gasteiger partial charge in [-0.05, 0) is 66.5 Å². The first-order chi connectivity index (χ1) is 21.7. The lowest BCUT2D eigenvalue weighted by atomic mass is 9.88. The Hall–Kier alpha value is -2.74. The van der Waals surface area contributed by atoms with Crippen LogP contribution in [0.3, 0.4) is 0 Å². The van der Waals surface area contributed by atoms with Crippen LogP contribution < -0.4 is 10.2 Å². The number of aromatic amines is 1. The summed E-state index contributed by atoms with van der Waals surface area (Å²) < 4.78 is 21.5. The highest BCUT2D eigenvalue weighted by atomic mass is 32.2. The number of H-pyrrole nitrogens is 1. The summed E-state index contributed by atoms with van der Waals surface area (Å²) in [7, 11) is 0. The number of carbonyl (C=O) groups excluding carboxylic acids is 1. The van der Waals surface area contributed by atoms with Crippen LogP contribution >= 0.6 is 23.1 Å². The number of aliphatic hydroxyl groups is 1. The van der Waals surface area contributed by atoms with Crippen molar-refractivity contribution in [3.63, 3.8) is 0 Å². The molecular weight excluding hydrogens is 616 g/mol. The van der Waals surface area contributed by atoms with Crippen molar-refractivity contribution >= 4 is 39.2 Å². The number of amides is 1. The van der Waals surface area contributed by atoms with Crippen molar-refractivity contribution in [2.24, 2.45) is 5.92 Å². The van der Waals surface area contributed by atoms with Gasteiger partial charge in [0.2, 0.25) is 5.91 Å². The van der Waals surface area contributed by atoms with Crippen molar-refractivity contribution in [1.29, 1.82) is 0 Å². The number of phenolic OH excluding ortho intramolecular Hbond substituents is 1. The predicted molar refractivity (Wildman–Crippen MR) is 176 cm³/mol. The van der Waals surface area contributed by atoms with Crippen LogP contribution in [0.5, 0.6) is 5.75 Å². The topological polar surface area (TPSA) is 118 Å². The number of hydrogen-bond donors (Lipinski definition) is 4. The molecule has 45 heavy (non-hydrogen) atoms. The quantitative estimate of drug-likeness (QED) is 0.241. The summed E-state index contributed by atoms with van der Waals surface area (Å²) in [6, 6.07) is 8.28. The normalized spacial score (nSPS) is 21.0. The molecule has 6 rings (SSSR count). The van der Waals surface area contributed by atoms with Gasteiger partial charge < -0.3 is 30.2 Å². The third-order valence-corrected chi connectivity index (χ3v) is 11.4. The molecule has 1 amide bonds. The number of nitrogens with one attached hydrogen (secondary N) is 2. The highest BCUT2D eigenvalue weighted by Gasteiger charge is 2.42. The van der Waals surface area contributed by atoms with E-state index in [0.717, 1.165) is 60.6 Å². The van der Waals surface area contributed by atoms with E-state index in [9.17, 15) is 24.2 Å². The van der Waals surface area contributed by atoms with Gasteiger partial charge in [0.1, 0.15) is 17.1 Å². The first-order valence-corrected chi connectivity index (χ1v) is 17.5. The summed E-state index contributed by atoms with van der Waals surface area (Å²) in [4.78, 5) is 33.0. The fourth-order valence-electron chi connectivity index (χ4n) is 6.66. The fraction of sp³-hybridized carbons (Fsp3) is 0.515. The highest BCUT2D eigenvalue weighted by molar-refractivity contribution is 8.03. The number of fused-ring (bicyclic) bond motifs is 1. The lowest BCUT2D eigenvalue weighted by molar-refractivity contribution is -0.161. The Morgan fingerprint density at radius 3 is 2.80 bits per heavy atom. The maximum absolute atomic E-state index is 14.6. The first kappa shape index (κ1) is 32.2. The van der Waals surface area contributed by atoms with Crippen molar-refractivity contribution in [3.05, 3.63) is 73.5 Å². The van der Waals surface area contributed by atoms with Gasteiger partial charge in [-0.2, -0.15) is 0 Å². The van der Waals surface area contributed by atoms with Crippen molar-refractivity contribution in [3.8, 4) is 5.75 Å². The molecule has 3 aliphatic heterocycles. The van der Waals surface area contributed by atoms with Gasteiger partial charge in [0, 0.05) is 50.6 Å². The van der Waals surface area contributed by atoms with Crippen LogP contribution in [0, 0.1) is 11.7 Å². The van der Waals surface area contributed by atoms with Crippen LogP contribution in [0.2, 0.25) is 0 Å². The number of morpholine rings is 1. The van der Waals surface area contributed by atoms with E-state index in [2.05, 4.69) is 28.2 Å². The molecule has 3 aromatic rings. The van der Waals surface area contributed by atoms with Gasteiger partial charge in [-0.15, -0.1) is 11.8 Å². The van der Waals surface area contributed by atoms with Crippen LogP contribution in [0.15, 0.2) is 46.1 Å². The van der Waals surface area contributed by atoms with Gasteiger partial charge in [-0.1, -0.05) is 36.5 Å². The molecule has 0 radical (unpaired) electrons. The smallest absolute Gasteiger partial charge is 0.305 e. The van der Waals surface area contributed by atoms with E-state index in [4.69, 9.17) is 4.74 Å². The molecule has 3 aliphatic rings. The SMILES string of the molecule is CCC1=CC(C(=O)N2CCOC3(CCN(Cc4cc(F)cc(CCNC[C@H](O)c5ccc(O)c6[nH]c(=O)sc56)c4)CC3)C2)CS1. The molecule has 2 saturated heterocycles. The lowest BCUT2D eigenvalue weighted by Gasteiger charge is -2.47. The predicted octanol–water partition coefficient (Wildman–Crippen LogP) is 4.15. The van der Waals surface area contributed by atoms with Crippen LogP contribution in [-0.4, -0.2) is 88.1 Å². The second-order valence-corrected chi connectivity index (χ2v) is 14.4. The summed E-state index contributed by atoms with van der Waals surface area (Å²) in [5.74, 6) is 0.756. The number of aliphatic hydroxyl groups excluding tert-OH is 1. The molecule has 2 aromatic carbocycles. The third kappa shape index (κ3) is 7.47. The Morgan fingerprint density at radius 2 is 2.02 bits per heavy atom. The first-order valence-electron chi connectivity index (χ1n) is 15.7. The van der Waals surface area contributed by atoms with Crippen molar-refractivity contribution in [2.45, 2.75) is 50.9 Å². The highest BCUT2D eigenvalue weighted by Crippen LogP contribution is 2.35. The Balaban J connectivity index is 0.982. The molecule has 0 saturated carbocycles. The van der Waals surface area contributed by atoms with E-state index < -0.39 is 6.10 Å². The van der Waals surface area contributed by atoms with E-state index in [0.29, 0.717) is 55.0 Å². The van der Waals surface area contributed by atoms with Crippen molar-refractivity contribution in [1.82, 2.24) is 20.1 Å². The van der Waals surface area contributed by atoms with E-state index in [1.807, 2.05) is 11.0 Å². The molecule has 242 valence electrons. The van der Waals surface area contributed by atoms with Crippen molar-refractivity contribution in [2.75, 3.05) is 51.6 Å². The van der Waals surface area contributed by atoms with Crippen LogP contribution in [-0.2, 0) is 22.5 Å². The number of phenols is 1. The monoisotopic (exact) mass is 656 g/mol. The van der Waals surface area contributed by atoms with E-state index in [-0.39, 0.29) is 40.4 Å². The molecule has 4 N–H and O–H groups in total. The average molecular weight is 657 g/mol. The number of ether oxygens (including phenoxy) is 1. The number of nitrogens with zero attached hydrogens (tertiary/aromatic N) is 2. The lowest BCUT2D eigenvalue weighted by Crippen LogP contribution is -2.58. The minimum absolute atomic E-state index is 0.0221. The molecule has 9 nitrogen and oxygen atoms in total. The van der Waals surface area contributed by atoms with Crippen LogP contribution in [0.1, 0.15) is 49.0 Å². The van der Waals surface area contributed by atoms with Gasteiger partial charge in [0.15, 0.2) is 0 Å². The van der Waals surface area contributed by atoms with E-state index in [1.165, 1.54) is 11.0 Å². The maximum Gasteiger partial charge on any atom is 0.305 e. The van der Waals surface area contributed by atoms with Gasteiger partial charge in [0.25, 0.3) is 0 Å². The fourth-order valence-corrected chi connectivity index (χ4v) is 8.68. The zero-order valence-corrected chi connectivity index (χ0v) is 27.2. The van der Waals surface area contributed by atoms with E-state index in [1.54, 1.807) is 30.0 Å². The van der Waals surface area contributed by atoms with Gasteiger partial charge >= 0.3 is 4.87 Å². The number of thioether (sulfide) groups is 1. The minimum Gasteiger partial charge on any atom is -0.506 e. The number of hydrogen-bond acceptors (Lipinski definition) is 9. The molecule has 2 fully saturated rings. The number of aromatic hydroxyl groups is 1. The molecule has 0 bridgehead atoms. The second kappa shape index (κ2) is 13.9. The molecular formula is C33H41FN4O5S2. The summed E-state index contributed by atoms with van der Waals surface area (Å²) >= 11 is 2.76. The zero-order valence-electron chi connectivity index (χ0n) is 25.5. The molecule has 4 heterocycles. The summed E-state index contributed by atoms with van der Waals surface area (Å²) in [6.45, 7) is 7.09. The molecule has 1 aromatic heterocycles. The van der Waals surface area contributed by atoms with Crippen molar-refractivity contribution < 1.29 is 24.1 Å². The standard InChI is InChI=1S/C33H41FN4O5S2/c1-2-25-16-23(19-44-25)31(41)38-11-12-43-33(20-38)6-9-37(10-7-33)18-22-13-21(14-24(34)15-22)5-8-35-17-28(40)26-3-4-27(39)29-30(26)45-32(42)36-29/h3-4,13-16,23,28,35,39-40H,2,5-12,17-20H2,1H3,(H,36,42)/t23?,28-/m0/s1. The van der Waals surface area contributed by atoms with E-state index >= 15 is 0 Å². The van der Waals surface area contributed by atoms with Gasteiger partial charge in [-0.3, -0.25) is 14.5 Å². The van der Waals surface area contributed by atoms with Gasteiger partial charge in [0.05, 0.1) is 28.9 Å². The number of carbonyl (C=O) groups is 1. The summed E-state index contributed by atoms with van der Waals surface area (Å²) in [5, 5.41) is 24.0. The number of aromatic nitrogens is 1. The summed E-state index contributed by atoms with van der Waals surface area (Å²) in [5.41, 5.74) is 2.41. The average Bonchev–Trinajstić information content (AvgIpc) is 3.67. The second-order valence-electron chi connectivity index (χ2n) is 12.3.